The molecular formula is C14H22N2O. The number of hydrogen-bond acceptors (Lipinski definition) is 2. The summed E-state index contributed by atoms with van der Waals surface area (Å²) in [5.74, 6) is 0.0500. The standard InChI is InChI=1S/C14H22N2O/c1-11-5-4-6-12(9-11)10-13(17)16-14(2,3)7-8-15/h4-6,9H,7-8,10,15H2,1-3H3,(H,16,17). The van der Waals surface area contributed by atoms with Gasteiger partial charge >= 0.3 is 0 Å². The molecule has 1 aromatic rings. The molecule has 0 saturated carbocycles. The number of nitrogens with one attached hydrogen (secondary N) is 1. The summed E-state index contributed by atoms with van der Waals surface area (Å²) < 4.78 is 0. The third-order valence-corrected chi connectivity index (χ3v) is 2.69. The molecule has 94 valence electrons. The van der Waals surface area contributed by atoms with Crippen LogP contribution in [0.5, 0.6) is 0 Å². The Balaban J connectivity index is 2.55. The van der Waals surface area contributed by atoms with Crippen LogP contribution < -0.4 is 11.1 Å². The zero-order chi connectivity index (χ0) is 12.9. The summed E-state index contributed by atoms with van der Waals surface area (Å²) in [6.45, 7) is 6.60. The minimum Gasteiger partial charge on any atom is -0.351 e. The molecule has 0 bridgehead atoms. The largest absolute Gasteiger partial charge is 0.351 e. The first kappa shape index (κ1) is 13.7. The summed E-state index contributed by atoms with van der Waals surface area (Å²) in [5.41, 5.74) is 7.51. The van der Waals surface area contributed by atoms with Crippen LogP contribution in [0.1, 0.15) is 31.4 Å². The predicted molar refractivity (Wildman–Crippen MR) is 70.8 cm³/mol. The molecule has 0 spiro atoms. The summed E-state index contributed by atoms with van der Waals surface area (Å²) >= 11 is 0. The van der Waals surface area contributed by atoms with Gasteiger partial charge in [-0.1, -0.05) is 29.8 Å². The summed E-state index contributed by atoms with van der Waals surface area (Å²) in [6, 6.07) is 8.01. The number of nitrogens with two attached hydrogens (primary N) is 1. The van der Waals surface area contributed by atoms with Gasteiger partial charge in [-0.2, -0.15) is 0 Å². The molecule has 0 aliphatic carbocycles. The highest BCUT2D eigenvalue weighted by Gasteiger charge is 2.19. The van der Waals surface area contributed by atoms with Crippen LogP contribution in [0.2, 0.25) is 0 Å². The molecule has 0 atom stereocenters. The second-order valence-corrected chi connectivity index (χ2v) is 5.14. The quantitative estimate of drug-likeness (QED) is 0.816. The summed E-state index contributed by atoms with van der Waals surface area (Å²) in [6.07, 6.45) is 1.21. The number of carbonyl (C=O) groups excluding carboxylic acids is 1. The highest BCUT2D eigenvalue weighted by atomic mass is 16.1. The van der Waals surface area contributed by atoms with Crippen molar-refractivity contribution in [1.82, 2.24) is 5.32 Å². The number of hydrogen-bond donors (Lipinski definition) is 2. The zero-order valence-electron chi connectivity index (χ0n) is 10.9. The molecule has 0 unspecified atom stereocenters. The molecular weight excluding hydrogens is 212 g/mol. The lowest BCUT2D eigenvalue weighted by atomic mass is 10.00. The van der Waals surface area contributed by atoms with Crippen molar-refractivity contribution in [3.05, 3.63) is 35.4 Å². The lowest BCUT2D eigenvalue weighted by Gasteiger charge is -2.25. The van der Waals surface area contributed by atoms with Crippen LogP contribution in [0.3, 0.4) is 0 Å². The molecule has 0 heterocycles. The van der Waals surface area contributed by atoms with Crippen molar-refractivity contribution in [2.45, 2.75) is 39.2 Å². The van der Waals surface area contributed by atoms with E-state index in [9.17, 15) is 4.79 Å². The highest BCUT2D eigenvalue weighted by Crippen LogP contribution is 2.09. The fraction of sp³-hybridized carbons (Fsp3) is 0.500. The van der Waals surface area contributed by atoms with Crippen molar-refractivity contribution < 1.29 is 4.79 Å². The first-order valence-corrected chi connectivity index (χ1v) is 5.99. The fourth-order valence-electron chi connectivity index (χ4n) is 1.85. The zero-order valence-corrected chi connectivity index (χ0v) is 10.9. The molecule has 1 amide bonds. The monoisotopic (exact) mass is 234 g/mol. The van der Waals surface area contributed by atoms with E-state index in [1.165, 1.54) is 5.56 Å². The number of amides is 1. The van der Waals surface area contributed by atoms with Crippen molar-refractivity contribution in [1.29, 1.82) is 0 Å². The van der Waals surface area contributed by atoms with E-state index in [4.69, 9.17) is 5.73 Å². The van der Waals surface area contributed by atoms with Crippen LogP contribution in [0.15, 0.2) is 24.3 Å². The minimum atomic E-state index is -0.227. The number of benzene rings is 1. The Morgan fingerprint density at radius 3 is 2.71 bits per heavy atom. The lowest BCUT2D eigenvalue weighted by Crippen LogP contribution is -2.45. The topological polar surface area (TPSA) is 55.1 Å². The molecule has 0 radical (unpaired) electrons. The molecule has 0 aliphatic rings. The third kappa shape index (κ3) is 5.00. The molecule has 0 aliphatic heterocycles. The van der Waals surface area contributed by atoms with Gasteiger partial charge < -0.3 is 11.1 Å². The Morgan fingerprint density at radius 1 is 1.41 bits per heavy atom. The molecule has 0 fully saturated rings. The minimum absolute atomic E-state index is 0.0500. The Hall–Kier alpha value is -1.35. The van der Waals surface area contributed by atoms with Gasteiger partial charge in [-0.25, -0.2) is 0 Å². The van der Waals surface area contributed by atoms with Gasteiger partial charge in [-0.05, 0) is 39.3 Å². The van der Waals surface area contributed by atoms with Crippen molar-refractivity contribution in [2.75, 3.05) is 6.54 Å². The number of carbonyl (C=O) groups is 1. The Kier molecular flexibility index (Phi) is 4.70. The smallest absolute Gasteiger partial charge is 0.224 e. The van der Waals surface area contributed by atoms with Crippen LogP contribution in [0.25, 0.3) is 0 Å². The maximum Gasteiger partial charge on any atom is 0.224 e. The SMILES string of the molecule is Cc1cccc(CC(=O)NC(C)(C)CCN)c1. The van der Waals surface area contributed by atoms with Crippen LogP contribution in [0, 0.1) is 6.92 Å². The summed E-state index contributed by atoms with van der Waals surface area (Å²) in [5, 5.41) is 3.01. The second-order valence-electron chi connectivity index (χ2n) is 5.14. The first-order chi connectivity index (χ1) is 7.93. The normalized spacial score (nSPS) is 11.3. The molecule has 0 aromatic heterocycles. The molecule has 1 aromatic carbocycles. The van der Waals surface area contributed by atoms with E-state index in [0.717, 1.165) is 12.0 Å². The first-order valence-electron chi connectivity index (χ1n) is 5.99. The average Bonchev–Trinajstić information content (AvgIpc) is 2.15. The van der Waals surface area contributed by atoms with Gasteiger partial charge in [-0.15, -0.1) is 0 Å². The van der Waals surface area contributed by atoms with Crippen LogP contribution in [-0.2, 0) is 11.2 Å². The van der Waals surface area contributed by atoms with Crippen LogP contribution in [0.4, 0.5) is 0 Å². The van der Waals surface area contributed by atoms with Gasteiger partial charge in [0.1, 0.15) is 0 Å². The molecule has 17 heavy (non-hydrogen) atoms. The van der Waals surface area contributed by atoms with Gasteiger partial charge in [0.25, 0.3) is 0 Å². The van der Waals surface area contributed by atoms with Crippen molar-refractivity contribution in [3.63, 3.8) is 0 Å². The van der Waals surface area contributed by atoms with Crippen LogP contribution >= 0.6 is 0 Å². The van der Waals surface area contributed by atoms with Gasteiger partial charge in [0.2, 0.25) is 5.91 Å². The predicted octanol–water partition coefficient (Wildman–Crippen LogP) is 1.78. The number of aryl methyl sites for hydroxylation is 1. The average molecular weight is 234 g/mol. The highest BCUT2D eigenvalue weighted by molar-refractivity contribution is 5.79. The van der Waals surface area contributed by atoms with Gasteiger partial charge in [0.15, 0.2) is 0 Å². The molecule has 1 rings (SSSR count). The van der Waals surface area contributed by atoms with Crippen molar-refractivity contribution in [3.8, 4) is 0 Å². The fourth-order valence-corrected chi connectivity index (χ4v) is 1.85. The summed E-state index contributed by atoms with van der Waals surface area (Å²) in [4.78, 5) is 11.9. The van der Waals surface area contributed by atoms with E-state index in [2.05, 4.69) is 5.32 Å². The van der Waals surface area contributed by atoms with Gasteiger partial charge in [0, 0.05) is 5.54 Å². The Bertz CT molecular complexity index is 386. The molecule has 0 saturated heterocycles. The van der Waals surface area contributed by atoms with E-state index in [1.54, 1.807) is 0 Å². The molecule has 3 heteroatoms. The third-order valence-electron chi connectivity index (χ3n) is 2.69. The maximum atomic E-state index is 11.9. The molecule has 3 nitrogen and oxygen atoms in total. The van der Waals surface area contributed by atoms with Gasteiger partial charge in [0.05, 0.1) is 6.42 Å². The van der Waals surface area contributed by atoms with E-state index in [-0.39, 0.29) is 11.4 Å². The maximum absolute atomic E-state index is 11.9. The van der Waals surface area contributed by atoms with Crippen LogP contribution in [-0.4, -0.2) is 18.0 Å². The Morgan fingerprint density at radius 2 is 2.12 bits per heavy atom. The van der Waals surface area contributed by atoms with Gasteiger partial charge in [-0.3, -0.25) is 4.79 Å². The molecule has 3 N–H and O–H groups in total. The van der Waals surface area contributed by atoms with Crippen molar-refractivity contribution >= 4 is 5.91 Å². The van der Waals surface area contributed by atoms with E-state index in [1.807, 2.05) is 45.0 Å². The Labute approximate surface area is 103 Å². The van der Waals surface area contributed by atoms with E-state index in [0.29, 0.717) is 13.0 Å². The van der Waals surface area contributed by atoms with E-state index < -0.39 is 0 Å². The number of rotatable bonds is 5. The van der Waals surface area contributed by atoms with E-state index >= 15 is 0 Å². The lowest BCUT2D eigenvalue weighted by molar-refractivity contribution is -0.122. The van der Waals surface area contributed by atoms with Crippen molar-refractivity contribution in [2.24, 2.45) is 5.73 Å². The summed E-state index contributed by atoms with van der Waals surface area (Å²) in [7, 11) is 0. The second kappa shape index (κ2) is 5.82.